The zero-order chi connectivity index (χ0) is 10.1. The molecular weight excluding hydrogens is 176 g/mol. The molecular formula is C11H20N2O. The Labute approximate surface area is 85.6 Å². The van der Waals surface area contributed by atoms with E-state index in [4.69, 9.17) is 5.73 Å². The van der Waals surface area contributed by atoms with Crippen molar-refractivity contribution in [2.75, 3.05) is 13.1 Å². The Bertz CT molecular complexity index is 225. The van der Waals surface area contributed by atoms with Crippen LogP contribution in [0.5, 0.6) is 0 Å². The van der Waals surface area contributed by atoms with Crippen LogP contribution in [0, 0.1) is 11.8 Å². The van der Waals surface area contributed by atoms with E-state index in [0.717, 1.165) is 32.4 Å². The van der Waals surface area contributed by atoms with Crippen LogP contribution in [0.15, 0.2) is 0 Å². The van der Waals surface area contributed by atoms with Crippen LogP contribution in [0.25, 0.3) is 0 Å². The molecule has 80 valence electrons. The molecule has 1 aliphatic carbocycles. The average molecular weight is 196 g/mol. The van der Waals surface area contributed by atoms with Crippen molar-refractivity contribution in [3.05, 3.63) is 0 Å². The van der Waals surface area contributed by atoms with Crippen molar-refractivity contribution in [3.63, 3.8) is 0 Å². The van der Waals surface area contributed by atoms with E-state index in [1.807, 2.05) is 4.90 Å². The molecule has 2 atom stereocenters. The summed E-state index contributed by atoms with van der Waals surface area (Å²) in [6.07, 6.45) is 4.49. The highest BCUT2D eigenvalue weighted by molar-refractivity contribution is 5.79. The third kappa shape index (κ3) is 1.78. The molecule has 1 heterocycles. The maximum atomic E-state index is 11.9. The highest BCUT2D eigenvalue weighted by atomic mass is 16.2. The number of hydrogen-bond donors (Lipinski definition) is 1. The van der Waals surface area contributed by atoms with E-state index >= 15 is 0 Å². The molecule has 0 radical (unpaired) electrons. The Morgan fingerprint density at radius 3 is 2.57 bits per heavy atom. The SMILES string of the molecule is CC1CCN(C(=O)C2CCC2)CC1N. The standard InChI is InChI=1S/C11H20N2O/c1-8-5-6-13(7-10(8)12)11(14)9-3-2-4-9/h8-10H,2-7,12H2,1H3. The van der Waals surface area contributed by atoms with Gasteiger partial charge in [-0.3, -0.25) is 4.79 Å². The second-order valence-electron chi connectivity index (χ2n) is 4.84. The Hall–Kier alpha value is -0.570. The normalized spacial score (nSPS) is 34.0. The summed E-state index contributed by atoms with van der Waals surface area (Å²) in [4.78, 5) is 13.9. The van der Waals surface area contributed by atoms with Gasteiger partial charge in [-0.2, -0.15) is 0 Å². The van der Waals surface area contributed by atoms with Crippen molar-refractivity contribution in [3.8, 4) is 0 Å². The van der Waals surface area contributed by atoms with Crippen LogP contribution in [0.3, 0.4) is 0 Å². The number of carbonyl (C=O) groups is 1. The molecule has 0 spiro atoms. The van der Waals surface area contributed by atoms with Crippen LogP contribution in [-0.4, -0.2) is 29.9 Å². The third-order valence-corrected chi connectivity index (χ3v) is 3.78. The molecule has 1 amide bonds. The van der Waals surface area contributed by atoms with E-state index in [1.54, 1.807) is 0 Å². The fourth-order valence-electron chi connectivity index (χ4n) is 2.21. The maximum Gasteiger partial charge on any atom is 0.225 e. The summed E-state index contributed by atoms with van der Waals surface area (Å²) in [6, 6.07) is 0.188. The van der Waals surface area contributed by atoms with E-state index in [2.05, 4.69) is 6.92 Å². The first-order valence-corrected chi connectivity index (χ1v) is 5.73. The van der Waals surface area contributed by atoms with Crippen molar-refractivity contribution in [2.24, 2.45) is 17.6 Å². The summed E-state index contributed by atoms with van der Waals surface area (Å²) < 4.78 is 0. The molecule has 0 aromatic rings. The number of nitrogens with zero attached hydrogens (tertiary/aromatic N) is 1. The molecule has 1 saturated carbocycles. The minimum Gasteiger partial charge on any atom is -0.341 e. The van der Waals surface area contributed by atoms with Crippen molar-refractivity contribution < 1.29 is 4.79 Å². The molecule has 14 heavy (non-hydrogen) atoms. The lowest BCUT2D eigenvalue weighted by Gasteiger charge is -2.38. The van der Waals surface area contributed by atoms with Crippen LogP contribution >= 0.6 is 0 Å². The van der Waals surface area contributed by atoms with Gasteiger partial charge < -0.3 is 10.6 Å². The van der Waals surface area contributed by atoms with E-state index in [0.29, 0.717) is 17.7 Å². The fraction of sp³-hybridized carbons (Fsp3) is 0.909. The van der Waals surface area contributed by atoms with Gasteiger partial charge in [0, 0.05) is 25.0 Å². The van der Waals surface area contributed by atoms with Gasteiger partial charge >= 0.3 is 0 Å². The maximum absolute atomic E-state index is 11.9. The van der Waals surface area contributed by atoms with E-state index < -0.39 is 0 Å². The molecule has 2 unspecified atom stereocenters. The molecule has 0 aromatic carbocycles. The molecule has 3 nitrogen and oxygen atoms in total. The Balaban J connectivity index is 1.88. The summed E-state index contributed by atoms with van der Waals surface area (Å²) in [5.74, 6) is 1.26. The number of hydrogen-bond acceptors (Lipinski definition) is 2. The molecule has 0 bridgehead atoms. The first kappa shape index (κ1) is 9.97. The summed E-state index contributed by atoms with van der Waals surface area (Å²) in [7, 11) is 0. The van der Waals surface area contributed by atoms with Gasteiger partial charge in [-0.25, -0.2) is 0 Å². The zero-order valence-electron chi connectivity index (χ0n) is 8.91. The van der Waals surface area contributed by atoms with Gasteiger partial charge in [0.15, 0.2) is 0 Å². The largest absolute Gasteiger partial charge is 0.341 e. The summed E-state index contributed by atoms with van der Waals surface area (Å²) in [5.41, 5.74) is 5.97. The van der Waals surface area contributed by atoms with Gasteiger partial charge in [-0.1, -0.05) is 13.3 Å². The molecule has 2 aliphatic rings. The topological polar surface area (TPSA) is 46.3 Å². The summed E-state index contributed by atoms with van der Waals surface area (Å²) in [6.45, 7) is 3.87. The van der Waals surface area contributed by atoms with Crippen LogP contribution in [0.2, 0.25) is 0 Å². The molecule has 2 fully saturated rings. The Morgan fingerprint density at radius 1 is 1.36 bits per heavy atom. The number of amides is 1. The van der Waals surface area contributed by atoms with Crippen LogP contribution < -0.4 is 5.73 Å². The molecule has 1 aliphatic heterocycles. The minimum absolute atomic E-state index is 0.188. The predicted molar refractivity (Wildman–Crippen MR) is 55.7 cm³/mol. The lowest BCUT2D eigenvalue weighted by Crippen LogP contribution is -2.51. The van der Waals surface area contributed by atoms with E-state index in [1.165, 1.54) is 6.42 Å². The zero-order valence-corrected chi connectivity index (χ0v) is 8.91. The first-order valence-electron chi connectivity index (χ1n) is 5.73. The number of piperidine rings is 1. The van der Waals surface area contributed by atoms with E-state index in [9.17, 15) is 4.79 Å². The van der Waals surface area contributed by atoms with Gasteiger partial charge in [0.1, 0.15) is 0 Å². The van der Waals surface area contributed by atoms with Crippen LogP contribution in [-0.2, 0) is 4.79 Å². The van der Waals surface area contributed by atoms with Gasteiger partial charge in [-0.15, -0.1) is 0 Å². The Kier molecular flexibility index (Phi) is 2.77. The molecule has 1 saturated heterocycles. The number of likely N-dealkylation sites (tertiary alicyclic amines) is 1. The second-order valence-corrected chi connectivity index (χ2v) is 4.84. The predicted octanol–water partition coefficient (Wildman–Crippen LogP) is 0.982. The van der Waals surface area contributed by atoms with Crippen molar-refractivity contribution >= 4 is 5.91 Å². The number of rotatable bonds is 1. The van der Waals surface area contributed by atoms with E-state index in [-0.39, 0.29) is 6.04 Å². The van der Waals surface area contributed by atoms with Crippen molar-refractivity contribution in [1.82, 2.24) is 4.90 Å². The lowest BCUT2D eigenvalue weighted by molar-refractivity contribution is -0.139. The number of nitrogens with two attached hydrogens (primary N) is 1. The fourth-order valence-corrected chi connectivity index (χ4v) is 2.21. The Morgan fingerprint density at radius 2 is 2.07 bits per heavy atom. The summed E-state index contributed by atoms with van der Waals surface area (Å²) in [5, 5.41) is 0. The monoisotopic (exact) mass is 196 g/mol. The second kappa shape index (κ2) is 3.89. The highest BCUT2D eigenvalue weighted by Gasteiger charge is 2.33. The molecule has 2 N–H and O–H groups in total. The van der Waals surface area contributed by atoms with Gasteiger partial charge in [0.25, 0.3) is 0 Å². The van der Waals surface area contributed by atoms with Crippen LogP contribution in [0.4, 0.5) is 0 Å². The van der Waals surface area contributed by atoms with Crippen molar-refractivity contribution in [2.45, 2.75) is 38.6 Å². The lowest BCUT2D eigenvalue weighted by atomic mass is 9.83. The van der Waals surface area contributed by atoms with Gasteiger partial charge in [0.2, 0.25) is 5.91 Å². The minimum atomic E-state index is 0.188. The average Bonchev–Trinajstić information content (AvgIpc) is 2.06. The quantitative estimate of drug-likeness (QED) is 0.679. The number of carbonyl (C=O) groups excluding carboxylic acids is 1. The molecule has 2 rings (SSSR count). The smallest absolute Gasteiger partial charge is 0.225 e. The molecule has 0 aromatic heterocycles. The van der Waals surface area contributed by atoms with Gasteiger partial charge in [-0.05, 0) is 25.2 Å². The third-order valence-electron chi connectivity index (χ3n) is 3.78. The summed E-state index contributed by atoms with van der Waals surface area (Å²) >= 11 is 0. The van der Waals surface area contributed by atoms with Gasteiger partial charge in [0.05, 0.1) is 0 Å². The van der Waals surface area contributed by atoms with Crippen LogP contribution in [0.1, 0.15) is 32.6 Å². The first-order chi connectivity index (χ1) is 6.68. The molecule has 3 heteroatoms. The van der Waals surface area contributed by atoms with Crippen molar-refractivity contribution in [1.29, 1.82) is 0 Å². The highest BCUT2D eigenvalue weighted by Crippen LogP contribution is 2.29.